The first-order valence-electron chi connectivity index (χ1n) is 9.00. The fourth-order valence-corrected chi connectivity index (χ4v) is 4.30. The molecule has 1 aromatic carbocycles. The van der Waals surface area contributed by atoms with Gasteiger partial charge in [-0.15, -0.1) is 0 Å². The molecule has 3 heteroatoms. The Kier molecular flexibility index (Phi) is 4.39. The molecule has 1 aromatic rings. The van der Waals surface area contributed by atoms with Gasteiger partial charge in [0.15, 0.2) is 0 Å². The second-order valence-corrected chi connectivity index (χ2v) is 8.24. The summed E-state index contributed by atoms with van der Waals surface area (Å²) >= 11 is 0. The molecule has 1 aliphatic carbocycles. The van der Waals surface area contributed by atoms with E-state index in [2.05, 4.69) is 39.0 Å². The lowest BCUT2D eigenvalue weighted by Crippen LogP contribution is -2.30. The van der Waals surface area contributed by atoms with E-state index in [0.29, 0.717) is 5.92 Å². The van der Waals surface area contributed by atoms with E-state index in [1.165, 1.54) is 42.4 Å². The van der Waals surface area contributed by atoms with Gasteiger partial charge in [-0.1, -0.05) is 51.8 Å². The van der Waals surface area contributed by atoms with Gasteiger partial charge in [0.2, 0.25) is 0 Å². The fourth-order valence-electron chi connectivity index (χ4n) is 4.30. The van der Waals surface area contributed by atoms with Crippen molar-refractivity contribution in [3.05, 3.63) is 34.9 Å². The van der Waals surface area contributed by atoms with Gasteiger partial charge in [0, 0.05) is 26.7 Å². The normalized spacial score (nSPS) is 19.9. The van der Waals surface area contributed by atoms with Gasteiger partial charge in [0.25, 0.3) is 0 Å². The van der Waals surface area contributed by atoms with Crippen LogP contribution in [-0.2, 0) is 12.0 Å². The van der Waals surface area contributed by atoms with Crippen molar-refractivity contribution in [3.8, 4) is 0 Å². The van der Waals surface area contributed by atoms with Crippen molar-refractivity contribution in [1.29, 1.82) is 0 Å². The Morgan fingerprint density at radius 1 is 1.13 bits per heavy atom. The summed E-state index contributed by atoms with van der Waals surface area (Å²) in [5.74, 6) is 0.709. The summed E-state index contributed by atoms with van der Waals surface area (Å²) in [7, 11) is 1.89. The van der Waals surface area contributed by atoms with Crippen LogP contribution in [0, 0.1) is 0 Å². The molecule has 23 heavy (non-hydrogen) atoms. The van der Waals surface area contributed by atoms with Gasteiger partial charge in [-0.25, -0.2) is 4.79 Å². The van der Waals surface area contributed by atoms with Crippen LogP contribution in [-0.4, -0.2) is 36.0 Å². The molecular weight excluding hydrogens is 284 g/mol. The van der Waals surface area contributed by atoms with Crippen LogP contribution in [0.3, 0.4) is 0 Å². The average Bonchev–Trinajstić information content (AvgIpc) is 3.12. The smallest absolute Gasteiger partial charge is 0.320 e. The van der Waals surface area contributed by atoms with Crippen LogP contribution < -0.4 is 0 Å². The molecule has 0 atom stereocenters. The lowest BCUT2D eigenvalue weighted by molar-refractivity contribution is 0.196. The Balaban J connectivity index is 1.96. The van der Waals surface area contributed by atoms with E-state index < -0.39 is 0 Å². The third-order valence-corrected chi connectivity index (χ3v) is 5.39. The summed E-state index contributed by atoms with van der Waals surface area (Å²) in [5.41, 5.74) is 4.47. The molecule has 3 rings (SSSR count). The molecule has 2 aliphatic rings. The molecule has 0 radical (unpaired) electrons. The van der Waals surface area contributed by atoms with E-state index >= 15 is 0 Å². The summed E-state index contributed by atoms with van der Waals surface area (Å²) in [6, 6.07) is 6.92. The van der Waals surface area contributed by atoms with E-state index in [-0.39, 0.29) is 11.4 Å². The van der Waals surface area contributed by atoms with Crippen molar-refractivity contribution in [1.82, 2.24) is 9.80 Å². The zero-order chi connectivity index (χ0) is 16.6. The van der Waals surface area contributed by atoms with E-state index in [1.54, 1.807) is 0 Å². The first-order chi connectivity index (χ1) is 10.9. The molecule has 1 saturated heterocycles. The molecule has 0 unspecified atom stereocenters. The van der Waals surface area contributed by atoms with Crippen molar-refractivity contribution >= 4 is 6.03 Å². The summed E-state index contributed by atoms with van der Waals surface area (Å²) in [6.07, 6.45) is 5.34. The largest absolute Gasteiger partial charge is 0.326 e. The van der Waals surface area contributed by atoms with Gasteiger partial charge in [0.1, 0.15) is 0 Å². The Labute approximate surface area is 140 Å². The standard InChI is InChI=1S/C20H30N2O/c1-20(2,3)18-16(14-22-13-12-21(4)19(22)23)10-7-11-17(18)15-8-5-6-9-15/h7,10-11,15H,5-6,8-9,12-14H2,1-4H3. The number of carbonyl (C=O) groups excluding carboxylic acids is 1. The number of benzene rings is 1. The molecule has 126 valence electrons. The monoisotopic (exact) mass is 314 g/mol. The van der Waals surface area contributed by atoms with Crippen LogP contribution in [0.2, 0.25) is 0 Å². The number of amides is 2. The van der Waals surface area contributed by atoms with Crippen LogP contribution in [0.15, 0.2) is 18.2 Å². The van der Waals surface area contributed by atoms with Crippen LogP contribution >= 0.6 is 0 Å². The van der Waals surface area contributed by atoms with Crippen LogP contribution in [0.25, 0.3) is 0 Å². The third-order valence-electron chi connectivity index (χ3n) is 5.39. The van der Waals surface area contributed by atoms with Gasteiger partial charge >= 0.3 is 6.03 Å². The Bertz CT molecular complexity index is 582. The van der Waals surface area contributed by atoms with Crippen LogP contribution in [0.4, 0.5) is 4.79 Å². The predicted molar refractivity (Wildman–Crippen MR) is 94.8 cm³/mol. The minimum Gasteiger partial charge on any atom is -0.326 e. The number of likely N-dealkylation sites (N-methyl/N-ethyl adjacent to an activating group) is 1. The summed E-state index contributed by atoms with van der Waals surface area (Å²) in [6.45, 7) is 9.35. The van der Waals surface area contributed by atoms with Gasteiger partial charge in [-0.2, -0.15) is 0 Å². The molecule has 0 N–H and O–H groups in total. The molecule has 1 aliphatic heterocycles. The highest BCUT2D eigenvalue weighted by molar-refractivity contribution is 5.76. The fraction of sp³-hybridized carbons (Fsp3) is 0.650. The number of hydrogen-bond donors (Lipinski definition) is 0. The quantitative estimate of drug-likeness (QED) is 0.805. The van der Waals surface area contributed by atoms with Crippen molar-refractivity contribution < 1.29 is 4.79 Å². The number of rotatable bonds is 3. The molecule has 2 fully saturated rings. The zero-order valence-corrected chi connectivity index (χ0v) is 15.1. The maximum absolute atomic E-state index is 12.3. The molecule has 1 saturated carbocycles. The number of nitrogens with zero attached hydrogens (tertiary/aromatic N) is 2. The van der Waals surface area contributed by atoms with Crippen LogP contribution in [0.1, 0.15) is 69.1 Å². The van der Waals surface area contributed by atoms with Gasteiger partial charge in [-0.3, -0.25) is 0 Å². The highest BCUT2D eigenvalue weighted by atomic mass is 16.2. The van der Waals surface area contributed by atoms with Gasteiger partial charge in [0.05, 0.1) is 0 Å². The second-order valence-electron chi connectivity index (χ2n) is 8.24. The Morgan fingerprint density at radius 3 is 2.39 bits per heavy atom. The average molecular weight is 314 g/mol. The van der Waals surface area contributed by atoms with E-state index in [0.717, 1.165) is 19.6 Å². The van der Waals surface area contributed by atoms with Gasteiger partial charge < -0.3 is 9.80 Å². The topological polar surface area (TPSA) is 23.6 Å². The lowest BCUT2D eigenvalue weighted by atomic mass is 9.76. The maximum atomic E-state index is 12.3. The van der Waals surface area contributed by atoms with Crippen LogP contribution in [0.5, 0.6) is 0 Å². The lowest BCUT2D eigenvalue weighted by Gasteiger charge is -2.30. The summed E-state index contributed by atoms with van der Waals surface area (Å²) in [5, 5.41) is 0. The summed E-state index contributed by atoms with van der Waals surface area (Å²) in [4.78, 5) is 16.1. The molecule has 2 amide bonds. The molecule has 0 aromatic heterocycles. The molecule has 1 heterocycles. The SMILES string of the molecule is CN1CCN(Cc2cccc(C3CCCC3)c2C(C)(C)C)C1=O. The molecule has 0 bridgehead atoms. The Morgan fingerprint density at radius 2 is 1.83 bits per heavy atom. The number of carbonyl (C=O) groups is 1. The Hall–Kier alpha value is -1.51. The van der Waals surface area contributed by atoms with Gasteiger partial charge in [-0.05, 0) is 40.9 Å². The molecule has 0 spiro atoms. The van der Waals surface area contributed by atoms with Crippen molar-refractivity contribution in [2.45, 2.75) is 64.3 Å². The number of urea groups is 1. The number of hydrogen-bond acceptors (Lipinski definition) is 1. The highest BCUT2D eigenvalue weighted by Crippen LogP contribution is 2.41. The first kappa shape index (κ1) is 16.4. The highest BCUT2D eigenvalue weighted by Gasteiger charge is 2.30. The minimum atomic E-state index is 0.114. The predicted octanol–water partition coefficient (Wildman–Crippen LogP) is 4.51. The zero-order valence-electron chi connectivity index (χ0n) is 15.1. The van der Waals surface area contributed by atoms with Crippen molar-refractivity contribution in [3.63, 3.8) is 0 Å². The van der Waals surface area contributed by atoms with E-state index in [1.807, 2.05) is 16.8 Å². The second kappa shape index (κ2) is 6.18. The maximum Gasteiger partial charge on any atom is 0.320 e. The van der Waals surface area contributed by atoms with Crippen molar-refractivity contribution in [2.75, 3.05) is 20.1 Å². The summed E-state index contributed by atoms with van der Waals surface area (Å²) < 4.78 is 0. The molecule has 3 nitrogen and oxygen atoms in total. The molecular formula is C20H30N2O. The van der Waals surface area contributed by atoms with Crippen molar-refractivity contribution in [2.24, 2.45) is 0 Å². The van der Waals surface area contributed by atoms with E-state index in [4.69, 9.17) is 0 Å². The first-order valence-corrected chi connectivity index (χ1v) is 9.00. The third kappa shape index (κ3) is 3.24. The van der Waals surface area contributed by atoms with E-state index in [9.17, 15) is 4.79 Å². The minimum absolute atomic E-state index is 0.114.